The third-order valence-corrected chi connectivity index (χ3v) is 6.89. The Kier molecular flexibility index (Phi) is 5.41. The summed E-state index contributed by atoms with van der Waals surface area (Å²) in [6.45, 7) is 1.39. The molecule has 0 fully saturated rings. The molecule has 0 bridgehead atoms. The number of fused-ring (bicyclic) bond motifs is 3. The van der Waals surface area contributed by atoms with Crippen LogP contribution in [0.3, 0.4) is 0 Å². The molecule has 9 heteroatoms. The van der Waals surface area contributed by atoms with Gasteiger partial charge in [-0.1, -0.05) is 84.9 Å². The minimum Gasteiger partial charge on any atom is -0.289 e. The van der Waals surface area contributed by atoms with Crippen LogP contribution in [0.4, 0.5) is 5.95 Å². The zero-order valence-corrected chi connectivity index (χ0v) is 21.1. The van der Waals surface area contributed by atoms with Crippen molar-refractivity contribution in [3.8, 4) is 11.1 Å². The predicted octanol–water partition coefficient (Wildman–Crippen LogP) is 3.46. The van der Waals surface area contributed by atoms with Gasteiger partial charge in [-0.05, 0) is 16.7 Å². The zero-order chi connectivity index (χ0) is 26.6. The number of anilines is 1. The van der Waals surface area contributed by atoms with E-state index >= 15 is 0 Å². The Morgan fingerprint density at radius 2 is 1.34 bits per heavy atom. The van der Waals surface area contributed by atoms with E-state index in [1.54, 1.807) is 11.6 Å². The van der Waals surface area contributed by atoms with Gasteiger partial charge in [0.1, 0.15) is 6.04 Å². The van der Waals surface area contributed by atoms with Crippen LogP contribution < -0.4 is 16.3 Å². The number of amides is 1. The summed E-state index contributed by atoms with van der Waals surface area (Å²) < 4.78 is 4.09. The number of benzene rings is 3. The fourth-order valence-electron chi connectivity index (χ4n) is 4.96. The van der Waals surface area contributed by atoms with Crippen molar-refractivity contribution < 1.29 is 4.79 Å². The lowest BCUT2D eigenvalue weighted by Crippen LogP contribution is -2.40. The number of aromatic nitrogens is 4. The Hall–Kier alpha value is -5.05. The number of carbonyl (C=O) groups is 1. The van der Waals surface area contributed by atoms with E-state index in [0.717, 1.165) is 26.8 Å². The Morgan fingerprint density at radius 3 is 1.97 bits per heavy atom. The van der Waals surface area contributed by atoms with Crippen molar-refractivity contribution in [3.63, 3.8) is 0 Å². The number of imidazole rings is 1. The van der Waals surface area contributed by atoms with E-state index in [4.69, 9.17) is 5.10 Å². The Morgan fingerprint density at radius 1 is 0.763 bits per heavy atom. The van der Waals surface area contributed by atoms with E-state index in [9.17, 15) is 14.4 Å². The SMILES string of the molecule is CC(=O)N1N=C(c2ccc(-c3ccccc3)cc2)[C@H](c2ccccc2)n2c1nc1c2c(=O)n(C)c(=O)n1C. The third-order valence-electron chi connectivity index (χ3n) is 6.89. The first-order valence-electron chi connectivity index (χ1n) is 12.1. The summed E-state index contributed by atoms with van der Waals surface area (Å²) in [5.41, 5.74) is 3.78. The fraction of sp³-hybridized carbons (Fsp3) is 0.138. The van der Waals surface area contributed by atoms with Gasteiger partial charge in [0.2, 0.25) is 11.9 Å². The minimum absolute atomic E-state index is 0.185. The molecule has 0 spiro atoms. The summed E-state index contributed by atoms with van der Waals surface area (Å²) in [7, 11) is 2.99. The van der Waals surface area contributed by atoms with Crippen LogP contribution in [0.5, 0.6) is 0 Å². The first-order chi connectivity index (χ1) is 18.4. The quantitative estimate of drug-likeness (QED) is 0.376. The van der Waals surface area contributed by atoms with Crippen molar-refractivity contribution >= 4 is 28.7 Å². The van der Waals surface area contributed by atoms with E-state index in [2.05, 4.69) is 4.98 Å². The minimum atomic E-state index is -0.570. The van der Waals surface area contributed by atoms with Gasteiger partial charge >= 0.3 is 5.69 Å². The van der Waals surface area contributed by atoms with Crippen molar-refractivity contribution in [3.05, 3.63) is 117 Å². The maximum atomic E-state index is 13.5. The average molecular weight is 505 g/mol. The molecule has 0 unspecified atom stereocenters. The summed E-state index contributed by atoms with van der Waals surface area (Å²) in [5.74, 6) is -0.183. The molecule has 0 aliphatic carbocycles. The summed E-state index contributed by atoms with van der Waals surface area (Å²) in [6, 6.07) is 27.1. The van der Waals surface area contributed by atoms with Gasteiger partial charge in [-0.15, -0.1) is 0 Å². The first kappa shape index (κ1) is 23.4. The van der Waals surface area contributed by atoms with Gasteiger partial charge in [-0.3, -0.25) is 23.3 Å². The third kappa shape index (κ3) is 3.51. The van der Waals surface area contributed by atoms with Crippen LogP contribution in [0.1, 0.15) is 24.1 Å². The molecule has 3 heterocycles. The number of aryl methyl sites for hydroxylation is 1. The van der Waals surface area contributed by atoms with Gasteiger partial charge in [0.15, 0.2) is 11.2 Å². The summed E-state index contributed by atoms with van der Waals surface area (Å²) >= 11 is 0. The van der Waals surface area contributed by atoms with Crippen LogP contribution in [0.2, 0.25) is 0 Å². The molecule has 0 saturated heterocycles. The van der Waals surface area contributed by atoms with Gasteiger partial charge in [0, 0.05) is 26.6 Å². The van der Waals surface area contributed by atoms with Gasteiger partial charge in [-0.25, -0.2) is 4.79 Å². The highest BCUT2D eigenvalue weighted by Gasteiger charge is 2.37. The molecule has 2 aromatic heterocycles. The second-order valence-corrected chi connectivity index (χ2v) is 9.23. The second-order valence-electron chi connectivity index (χ2n) is 9.23. The fourth-order valence-corrected chi connectivity index (χ4v) is 4.96. The molecule has 38 heavy (non-hydrogen) atoms. The number of rotatable bonds is 3. The standard InChI is InChI=1S/C29H24N6O3/c1-18(36)35-28-30-26-25(27(37)33(3)29(38)32(26)2)34(28)24(22-12-8-5-9-13-22)23(31-35)21-16-14-20(15-17-21)19-10-6-4-7-11-19/h4-17,24H,1-3H3/t24-/m0/s1. The molecule has 3 aromatic carbocycles. The molecule has 1 atom stereocenters. The molecule has 1 aliphatic rings. The van der Waals surface area contributed by atoms with Gasteiger partial charge in [0.05, 0.1) is 5.71 Å². The van der Waals surface area contributed by atoms with Crippen molar-refractivity contribution in [1.29, 1.82) is 0 Å². The molecular weight excluding hydrogens is 480 g/mol. The Labute approximate surface area is 217 Å². The lowest BCUT2D eigenvalue weighted by molar-refractivity contribution is -0.116. The Bertz CT molecular complexity index is 1850. The number of nitrogens with zero attached hydrogens (tertiary/aromatic N) is 6. The van der Waals surface area contributed by atoms with Crippen LogP contribution in [0.15, 0.2) is 99.6 Å². The monoisotopic (exact) mass is 504 g/mol. The zero-order valence-electron chi connectivity index (χ0n) is 21.1. The van der Waals surface area contributed by atoms with E-state index in [1.807, 2.05) is 84.9 Å². The first-order valence-corrected chi connectivity index (χ1v) is 12.1. The van der Waals surface area contributed by atoms with Gasteiger partial charge in [-0.2, -0.15) is 15.1 Å². The number of hydrogen-bond acceptors (Lipinski definition) is 5. The van der Waals surface area contributed by atoms with E-state index in [0.29, 0.717) is 5.71 Å². The highest BCUT2D eigenvalue weighted by atomic mass is 16.2. The van der Waals surface area contributed by atoms with E-state index in [1.165, 1.54) is 23.5 Å². The average Bonchev–Trinajstić information content (AvgIpc) is 3.35. The van der Waals surface area contributed by atoms with E-state index in [-0.39, 0.29) is 23.0 Å². The molecule has 1 amide bonds. The van der Waals surface area contributed by atoms with Crippen LogP contribution >= 0.6 is 0 Å². The molecule has 188 valence electrons. The molecule has 0 radical (unpaired) electrons. The molecule has 9 nitrogen and oxygen atoms in total. The van der Waals surface area contributed by atoms with Crippen molar-refractivity contribution in [2.45, 2.75) is 13.0 Å². The maximum Gasteiger partial charge on any atom is 0.332 e. The molecule has 1 aliphatic heterocycles. The lowest BCUT2D eigenvalue weighted by atomic mass is 9.94. The van der Waals surface area contributed by atoms with Crippen molar-refractivity contribution in [2.24, 2.45) is 19.2 Å². The maximum absolute atomic E-state index is 13.5. The number of hydrogen-bond donors (Lipinski definition) is 0. The van der Waals surface area contributed by atoms with Crippen LogP contribution in [-0.4, -0.2) is 30.3 Å². The summed E-state index contributed by atoms with van der Waals surface area (Å²) in [6.07, 6.45) is 0. The van der Waals surface area contributed by atoms with Crippen LogP contribution in [0.25, 0.3) is 22.3 Å². The lowest BCUT2D eigenvalue weighted by Gasteiger charge is -2.31. The molecule has 0 N–H and O–H groups in total. The summed E-state index contributed by atoms with van der Waals surface area (Å²) in [4.78, 5) is 43.6. The number of hydrazone groups is 1. The van der Waals surface area contributed by atoms with Crippen LogP contribution in [0, 0.1) is 0 Å². The highest BCUT2D eigenvalue weighted by molar-refractivity contribution is 6.10. The predicted molar refractivity (Wildman–Crippen MR) is 146 cm³/mol. The topological polar surface area (TPSA) is 94.5 Å². The van der Waals surface area contributed by atoms with E-state index < -0.39 is 17.3 Å². The Balaban J connectivity index is 1.64. The molecule has 0 saturated carbocycles. The van der Waals surface area contributed by atoms with Crippen molar-refractivity contribution in [2.75, 3.05) is 5.01 Å². The normalized spacial score (nSPS) is 14.9. The van der Waals surface area contributed by atoms with Crippen molar-refractivity contribution in [1.82, 2.24) is 18.7 Å². The van der Waals surface area contributed by atoms with Gasteiger partial charge < -0.3 is 0 Å². The van der Waals surface area contributed by atoms with Crippen LogP contribution in [-0.2, 0) is 18.9 Å². The smallest absolute Gasteiger partial charge is 0.289 e. The highest BCUT2D eigenvalue weighted by Crippen LogP contribution is 2.36. The molecular formula is C29H24N6O3. The number of carbonyl (C=O) groups excluding carboxylic acids is 1. The van der Waals surface area contributed by atoms with Gasteiger partial charge in [0.25, 0.3) is 5.56 Å². The molecule has 5 aromatic rings. The second kappa shape index (κ2) is 8.81. The molecule has 6 rings (SSSR count). The largest absolute Gasteiger partial charge is 0.332 e. The summed E-state index contributed by atoms with van der Waals surface area (Å²) in [5, 5.41) is 5.97.